The van der Waals surface area contributed by atoms with Gasteiger partial charge in [-0.3, -0.25) is 0 Å². The highest BCUT2D eigenvalue weighted by Gasteiger charge is 2.20. The third-order valence-corrected chi connectivity index (χ3v) is 6.38. The van der Waals surface area contributed by atoms with Crippen molar-refractivity contribution in [2.75, 3.05) is 7.11 Å². The Balaban J connectivity index is 2.08. The van der Waals surface area contributed by atoms with Gasteiger partial charge in [0.1, 0.15) is 10.8 Å². The Kier molecular flexibility index (Phi) is 7.44. The van der Waals surface area contributed by atoms with E-state index in [9.17, 15) is 9.90 Å². The lowest BCUT2D eigenvalue weighted by molar-refractivity contribution is 0.0696. The molecule has 4 nitrogen and oxygen atoms in total. The maximum atomic E-state index is 12.1. The quantitative estimate of drug-likeness (QED) is 0.278. The Labute approximate surface area is 199 Å². The van der Waals surface area contributed by atoms with E-state index < -0.39 is 5.97 Å². The van der Waals surface area contributed by atoms with Crippen molar-refractivity contribution in [3.63, 3.8) is 0 Å². The van der Waals surface area contributed by atoms with Crippen LogP contribution in [0.5, 0.6) is 0 Å². The van der Waals surface area contributed by atoms with Gasteiger partial charge in [0.25, 0.3) is 0 Å². The number of hydrogen-bond donors (Lipinski definition) is 1. The number of hydrogen-bond acceptors (Lipinski definition) is 4. The first-order valence-corrected chi connectivity index (χ1v) is 11.1. The molecule has 0 unspecified atom stereocenters. The molecule has 0 amide bonds. The topological polar surface area (TPSA) is 59.4 Å². The number of thiazole rings is 1. The van der Waals surface area contributed by atoms with Crippen LogP contribution in [0.2, 0.25) is 10.0 Å². The molecule has 0 atom stereocenters. The summed E-state index contributed by atoms with van der Waals surface area (Å²) in [6, 6.07) is 10.4. The lowest BCUT2D eigenvalue weighted by Gasteiger charge is -2.15. The smallest absolute Gasteiger partial charge is 0.336 e. The highest BCUT2D eigenvalue weighted by atomic mass is 35.5. The molecule has 0 aliphatic rings. The second-order valence-corrected chi connectivity index (χ2v) is 8.74. The Morgan fingerprint density at radius 3 is 2.39 bits per heavy atom. The van der Waals surface area contributed by atoms with Crippen molar-refractivity contribution >= 4 is 57.7 Å². The predicted octanol–water partition coefficient (Wildman–Crippen LogP) is 8.00. The van der Waals surface area contributed by atoms with Crippen molar-refractivity contribution in [3.05, 3.63) is 79.8 Å². The lowest BCUT2D eigenvalue weighted by atomic mass is 9.95. The molecule has 0 aliphatic heterocycles. The summed E-state index contributed by atoms with van der Waals surface area (Å²) in [7, 11) is 1.52. The zero-order valence-corrected chi connectivity index (χ0v) is 20.0. The highest BCUT2D eigenvalue weighted by Crippen LogP contribution is 2.36. The SMILES string of the molecule is CC=C(OC)C(=C(C)Cl)c1ccc(-c2nc(-c3ccc(Cl)c(Cl)c3)cs2)cc1C(=O)O. The van der Waals surface area contributed by atoms with Crippen molar-refractivity contribution in [1.29, 1.82) is 0 Å². The summed E-state index contributed by atoms with van der Waals surface area (Å²) in [4.78, 5) is 16.7. The van der Waals surface area contributed by atoms with E-state index in [1.54, 1.807) is 44.2 Å². The first kappa shape index (κ1) is 23.4. The molecule has 0 saturated carbocycles. The average Bonchev–Trinajstić information content (AvgIpc) is 3.23. The molecule has 1 aromatic heterocycles. The normalized spacial score (nSPS) is 12.5. The van der Waals surface area contributed by atoms with E-state index in [0.717, 1.165) is 11.3 Å². The Morgan fingerprint density at radius 1 is 1.10 bits per heavy atom. The number of ether oxygens (including phenoxy) is 1. The summed E-state index contributed by atoms with van der Waals surface area (Å²) >= 11 is 19.8. The molecule has 2 aromatic carbocycles. The Bertz CT molecular complexity index is 1210. The fourth-order valence-corrected chi connectivity index (χ4v) is 4.44. The van der Waals surface area contributed by atoms with Gasteiger partial charge in [0, 0.05) is 32.7 Å². The molecule has 0 saturated heterocycles. The van der Waals surface area contributed by atoms with Crippen LogP contribution >= 0.6 is 46.1 Å². The molecule has 0 radical (unpaired) electrons. The van der Waals surface area contributed by atoms with Gasteiger partial charge in [0.05, 0.1) is 28.4 Å². The summed E-state index contributed by atoms with van der Waals surface area (Å²) in [5, 5.41) is 13.8. The van der Waals surface area contributed by atoms with Crippen LogP contribution in [0.1, 0.15) is 29.8 Å². The van der Waals surface area contributed by atoms with E-state index in [1.165, 1.54) is 18.4 Å². The minimum absolute atomic E-state index is 0.107. The van der Waals surface area contributed by atoms with Gasteiger partial charge >= 0.3 is 5.97 Å². The zero-order chi connectivity index (χ0) is 22.7. The number of carbonyl (C=O) groups is 1. The number of nitrogens with zero attached hydrogens (tertiary/aromatic N) is 1. The van der Waals surface area contributed by atoms with Crippen molar-refractivity contribution in [2.45, 2.75) is 13.8 Å². The standard InChI is InChI=1S/C23H18Cl3NO3S/c1-4-20(30-3)21(12(2)24)15-7-5-14(9-16(15)23(28)29)22-27-19(11-31-22)13-6-8-17(25)18(26)10-13/h4-11H,1-3H3,(H,28,29). The summed E-state index contributed by atoms with van der Waals surface area (Å²) < 4.78 is 5.39. The third-order valence-electron chi connectivity index (χ3n) is 4.56. The molecule has 1 heterocycles. The van der Waals surface area contributed by atoms with Crippen LogP contribution < -0.4 is 0 Å². The molecular formula is C23H18Cl3NO3S. The van der Waals surface area contributed by atoms with E-state index in [4.69, 9.17) is 39.5 Å². The van der Waals surface area contributed by atoms with Crippen molar-refractivity contribution in [2.24, 2.45) is 0 Å². The maximum Gasteiger partial charge on any atom is 0.336 e. The van der Waals surface area contributed by atoms with Crippen LogP contribution in [0.25, 0.3) is 27.4 Å². The number of carboxylic acids is 1. The van der Waals surface area contributed by atoms with Gasteiger partial charge in [-0.05, 0) is 38.1 Å². The minimum atomic E-state index is -1.07. The first-order valence-electron chi connectivity index (χ1n) is 9.12. The predicted molar refractivity (Wildman–Crippen MR) is 129 cm³/mol. The lowest BCUT2D eigenvalue weighted by Crippen LogP contribution is -2.05. The number of methoxy groups -OCH3 is 1. The monoisotopic (exact) mass is 493 g/mol. The summed E-state index contributed by atoms with van der Waals surface area (Å²) in [6.07, 6.45) is 1.74. The number of carboxylic acid groups (broad SMARTS) is 1. The summed E-state index contributed by atoms with van der Waals surface area (Å²) in [5.41, 5.74) is 3.35. The van der Waals surface area contributed by atoms with Crippen LogP contribution in [0.3, 0.4) is 0 Å². The molecule has 160 valence electrons. The molecule has 8 heteroatoms. The molecular weight excluding hydrogens is 477 g/mol. The van der Waals surface area contributed by atoms with E-state index in [2.05, 4.69) is 4.98 Å². The molecule has 31 heavy (non-hydrogen) atoms. The molecule has 1 N–H and O–H groups in total. The second-order valence-electron chi connectivity index (χ2n) is 6.50. The van der Waals surface area contributed by atoms with E-state index in [1.807, 2.05) is 17.5 Å². The van der Waals surface area contributed by atoms with Gasteiger partial charge in [-0.1, -0.05) is 53.0 Å². The van der Waals surface area contributed by atoms with Gasteiger partial charge in [-0.2, -0.15) is 0 Å². The number of allylic oxidation sites excluding steroid dienone is 3. The van der Waals surface area contributed by atoms with Gasteiger partial charge in [-0.15, -0.1) is 11.3 Å². The fourth-order valence-electron chi connectivity index (χ4n) is 3.12. The molecule has 3 aromatic rings. The zero-order valence-electron chi connectivity index (χ0n) is 16.9. The molecule has 0 bridgehead atoms. The third kappa shape index (κ3) is 4.96. The number of halogens is 3. The highest BCUT2D eigenvalue weighted by molar-refractivity contribution is 7.13. The van der Waals surface area contributed by atoms with Crippen molar-refractivity contribution in [1.82, 2.24) is 4.98 Å². The van der Waals surface area contributed by atoms with Crippen molar-refractivity contribution in [3.8, 4) is 21.8 Å². The number of aromatic carboxylic acids is 1. The van der Waals surface area contributed by atoms with Crippen LogP contribution in [0.15, 0.2) is 58.6 Å². The van der Waals surface area contributed by atoms with Gasteiger partial charge in [0.2, 0.25) is 0 Å². The molecule has 0 aliphatic carbocycles. The van der Waals surface area contributed by atoms with Crippen LogP contribution in [0.4, 0.5) is 0 Å². The number of benzene rings is 2. The van der Waals surface area contributed by atoms with Crippen LogP contribution in [-0.4, -0.2) is 23.2 Å². The largest absolute Gasteiger partial charge is 0.496 e. The van der Waals surface area contributed by atoms with E-state index >= 15 is 0 Å². The van der Waals surface area contributed by atoms with Gasteiger partial charge < -0.3 is 9.84 Å². The summed E-state index contributed by atoms with van der Waals surface area (Å²) in [5.74, 6) is -0.570. The molecule has 0 spiro atoms. The Morgan fingerprint density at radius 2 is 1.81 bits per heavy atom. The minimum Gasteiger partial charge on any atom is -0.496 e. The maximum absolute atomic E-state index is 12.1. The summed E-state index contributed by atoms with van der Waals surface area (Å²) in [6.45, 7) is 3.50. The van der Waals surface area contributed by atoms with Crippen LogP contribution in [0, 0.1) is 0 Å². The van der Waals surface area contributed by atoms with E-state index in [-0.39, 0.29) is 5.56 Å². The molecule has 0 fully saturated rings. The first-order chi connectivity index (χ1) is 14.8. The fraction of sp³-hybridized carbons (Fsp3) is 0.130. The average molecular weight is 495 g/mol. The van der Waals surface area contributed by atoms with E-state index in [0.29, 0.717) is 42.5 Å². The van der Waals surface area contributed by atoms with Crippen LogP contribution in [-0.2, 0) is 4.74 Å². The number of aromatic nitrogens is 1. The Hall–Kier alpha value is -2.31. The van der Waals surface area contributed by atoms with Crippen molar-refractivity contribution < 1.29 is 14.6 Å². The number of rotatable bonds is 6. The van der Waals surface area contributed by atoms with Gasteiger partial charge in [-0.25, -0.2) is 9.78 Å². The molecule has 3 rings (SSSR count). The second kappa shape index (κ2) is 9.88. The van der Waals surface area contributed by atoms with Gasteiger partial charge in [0.15, 0.2) is 0 Å².